The number of ether oxygens (including phenoxy) is 1. The summed E-state index contributed by atoms with van der Waals surface area (Å²) >= 11 is 0. The van der Waals surface area contributed by atoms with Crippen molar-refractivity contribution in [2.45, 2.75) is 26.6 Å². The lowest BCUT2D eigenvalue weighted by Gasteiger charge is -2.12. The lowest BCUT2D eigenvalue weighted by atomic mass is 10.1. The number of esters is 1. The van der Waals surface area contributed by atoms with Crippen molar-refractivity contribution in [1.82, 2.24) is 9.88 Å². The first kappa shape index (κ1) is 21.2. The summed E-state index contributed by atoms with van der Waals surface area (Å²) in [5, 5.41) is 2.36. The quantitative estimate of drug-likeness (QED) is 0.577. The van der Waals surface area contributed by atoms with Crippen molar-refractivity contribution in [2.24, 2.45) is 0 Å². The first-order valence-corrected chi connectivity index (χ1v) is 8.34. The maximum atomic E-state index is 12.6. The number of nitrogens with one attached hydrogen (secondary N) is 1. The fourth-order valence-corrected chi connectivity index (χ4v) is 2.62. The van der Waals surface area contributed by atoms with E-state index in [1.807, 2.05) is 0 Å². The van der Waals surface area contributed by atoms with Crippen LogP contribution in [0.2, 0.25) is 0 Å². The van der Waals surface area contributed by atoms with Gasteiger partial charge in [-0.1, -0.05) is 18.2 Å². The summed E-state index contributed by atoms with van der Waals surface area (Å²) in [6.07, 6.45) is -4.42. The number of hydrogen-bond acceptors (Lipinski definition) is 4. The molecule has 9 heteroatoms. The number of halogens is 3. The van der Waals surface area contributed by atoms with Gasteiger partial charge in [-0.3, -0.25) is 14.4 Å². The van der Waals surface area contributed by atoms with Crippen LogP contribution in [0.4, 0.5) is 13.2 Å². The molecule has 2 rings (SSSR count). The molecule has 6 nitrogen and oxygen atoms in total. The van der Waals surface area contributed by atoms with E-state index < -0.39 is 43.5 Å². The van der Waals surface area contributed by atoms with Crippen LogP contribution in [0.15, 0.2) is 36.4 Å². The average Bonchev–Trinajstić information content (AvgIpc) is 2.91. The molecular formula is C19H19F3N2O4. The highest BCUT2D eigenvalue weighted by atomic mass is 19.4. The number of amides is 1. The molecule has 0 bridgehead atoms. The molecule has 0 aliphatic carbocycles. The largest absolute Gasteiger partial charge is 0.456 e. The van der Waals surface area contributed by atoms with E-state index in [1.165, 1.54) is 19.9 Å². The normalized spacial score (nSPS) is 11.2. The standard InChI is InChI=1S/C19H19F3N2O4/c1-12-8-15(13(2)24(12)11-19(20,21)22)16(25)10-28-17(26)9-23-18(27)14-6-4-3-5-7-14/h3-8H,9-11H2,1-2H3,(H,23,27). The first-order chi connectivity index (χ1) is 13.1. The van der Waals surface area contributed by atoms with Crippen molar-refractivity contribution >= 4 is 17.7 Å². The van der Waals surface area contributed by atoms with E-state index in [1.54, 1.807) is 30.3 Å². The molecule has 0 aliphatic rings. The molecule has 28 heavy (non-hydrogen) atoms. The predicted molar refractivity (Wildman–Crippen MR) is 94.0 cm³/mol. The Kier molecular flexibility index (Phi) is 6.61. The minimum Gasteiger partial charge on any atom is -0.456 e. The molecule has 1 aromatic heterocycles. The second-order valence-electron chi connectivity index (χ2n) is 6.12. The molecule has 2 aromatic rings. The van der Waals surface area contributed by atoms with Gasteiger partial charge in [0.05, 0.1) is 0 Å². The second-order valence-corrected chi connectivity index (χ2v) is 6.12. The van der Waals surface area contributed by atoms with Gasteiger partial charge in [0.2, 0.25) is 5.78 Å². The van der Waals surface area contributed by atoms with Crippen LogP contribution in [-0.2, 0) is 16.1 Å². The summed E-state index contributed by atoms with van der Waals surface area (Å²) in [6.45, 7) is 0.586. The van der Waals surface area contributed by atoms with Gasteiger partial charge in [0.15, 0.2) is 6.61 Å². The highest BCUT2D eigenvalue weighted by molar-refractivity contribution is 6.00. The van der Waals surface area contributed by atoms with Crippen molar-refractivity contribution < 1.29 is 32.3 Å². The predicted octanol–water partition coefficient (Wildman–Crippen LogP) is 2.82. The molecular weight excluding hydrogens is 377 g/mol. The highest BCUT2D eigenvalue weighted by Gasteiger charge is 2.30. The summed E-state index contributed by atoms with van der Waals surface area (Å²) in [7, 11) is 0. The Balaban J connectivity index is 1.89. The van der Waals surface area contributed by atoms with E-state index >= 15 is 0 Å². The van der Waals surface area contributed by atoms with Crippen LogP contribution >= 0.6 is 0 Å². The number of nitrogens with zero attached hydrogens (tertiary/aromatic N) is 1. The summed E-state index contributed by atoms with van der Waals surface area (Å²) in [5.41, 5.74) is 0.847. The van der Waals surface area contributed by atoms with Gasteiger partial charge < -0.3 is 14.6 Å². The summed E-state index contributed by atoms with van der Waals surface area (Å²) in [5.74, 6) is -1.93. The van der Waals surface area contributed by atoms with E-state index in [4.69, 9.17) is 4.74 Å². The molecule has 0 fully saturated rings. The highest BCUT2D eigenvalue weighted by Crippen LogP contribution is 2.23. The zero-order valence-electron chi connectivity index (χ0n) is 15.3. The SMILES string of the molecule is Cc1cc(C(=O)COC(=O)CNC(=O)c2ccccc2)c(C)n1CC(F)(F)F. The Bertz CT molecular complexity index is 873. The van der Waals surface area contributed by atoms with Crippen LogP contribution in [0.25, 0.3) is 0 Å². The summed E-state index contributed by atoms with van der Waals surface area (Å²) < 4.78 is 43.7. The van der Waals surface area contributed by atoms with Gasteiger partial charge in [-0.25, -0.2) is 0 Å². The van der Waals surface area contributed by atoms with Crippen LogP contribution in [0.3, 0.4) is 0 Å². The van der Waals surface area contributed by atoms with Gasteiger partial charge in [0.1, 0.15) is 13.1 Å². The molecule has 150 valence electrons. The number of aryl methyl sites for hydroxylation is 1. The lowest BCUT2D eigenvalue weighted by molar-refractivity contribution is -0.141. The van der Waals surface area contributed by atoms with Gasteiger partial charge in [-0.15, -0.1) is 0 Å². The minimum absolute atomic E-state index is 0.0582. The zero-order chi connectivity index (χ0) is 20.9. The molecule has 0 saturated heterocycles. The fourth-order valence-electron chi connectivity index (χ4n) is 2.62. The molecule has 1 aromatic carbocycles. The summed E-state index contributed by atoms with van der Waals surface area (Å²) in [6, 6.07) is 9.54. The van der Waals surface area contributed by atoms with Gasteiger partial charge >= 0.3 is 12.1 Å². The molecule has 0 atom stereocenters. The third kappa shape index (κ3) is 5.70. The topological polar surface area (TPSA) is 77.4 Å². The van der Waals surface area contributed by atoms with Crippen LogP contribution in [0.5, 0.6) is 0 Å². The zero-order valence-corrected chi connectivity index (χ0v) is 15.3. The summed E-state index contributed by atoms with van der Waals surface area (Å²) in [4.78, 5) is 35.7. The van der Waals surface area contributed by atoms with Crippen molar-refractivity contribution in [2.75, 3.05) is 13.2 Å². The second kappa shape index (κ2) is 8.73. The molecule has 0 spiro atoms. The van der Waals surface area contributed by atoms with Gasteiger partial charge in [-0.2, -0.15) is 13.2 Å². The van der Waals surface area contributed by atoms with Crippen LogP contribution < -0.4 is 5.32 Å². The van der Waals surface area contributed by atoms with E-state index in [9.17, 15) is 27.6 Å². The number of rotatable bonds is 7. The Hall–Kier alpha value is -3.10. The molecule has 0 saturated carbocycles. The maximum absolute atomic E-state index is 12.6. The van der Waals surface area contributed by atoms with Crippen LogP contribution in [0, 0.1) is 13.8 Å². The van der Waals surface area contributed by atoms with E-state index in [0.717, 1.165) is 4.57 Å². The Labute approximate surface area is 159 Å². The van der Waals surface area contributed by atoms with Crippen molar-refractivity contribution in [3.8, 4) is 0 Å². The minimum atomic E-state index is -4.42. The molecule has 1 heterocycles. The first-order valence-electron chi connectivity index (χ1n) is 8.34. The maximum Gasteiger partial charge on any atom is 0.406 e. The van der Waals surface area contributed by atoms with E-state index in [0.29, 0.717) is 5.56 Å². The number of benzene rings is 1. The molecule has 1 N–H and O–H groups in total. The molecule has 0 radical (unpaired) electrons. The Morgan fingerprint density at radius 1 is 1.11 bits per heavy atom. The smallest absolute Gasteiger partial charge is 0.406 e. The number of aromatic nitrogens is 1. The van der Waals surface area contributed by atoms with Crippen LogP contribution in [0.1, 0.15) is 32.1 Å². The van der Waals surface area contributed by atoms with Crippen LogP contribution in [-0.4, -0.2) is 41.6 Å². The van der Waals surface area contributed by atoms with E-state index in [2.05, 4.69) is 5.32 Å². The molecule has 1 amide bonds. The molecule has 0 aliphatic heterocycles. The Morgan fingerprint density at radius 3 is 2.36 bits per heavy atom. The number of carbonyl (C=O) groups excluding carboxylic acids is 3. The van der Waals surface area contributed by atoms with Gasteiger partial charge in [-0.05, 0) is 32.0 Å². The number of ketones is 1. The number of Topliss-reactive ketones (excluding diaryl/α,β-unsaturated/α-hetero) is 1. The van der Waals surface area contributed by atoms with Crippen molar-refractivity contribution in [1.29, 1.82) is 0 Å². The third-order valence-electron chi connectivity index (χ3n) is 4.00. The average molecular weight is 396 g/mol. The van der Waals surface area contributed by atoms with Gasteiger partial charge in [0, 0.05) is 22.5 Å². The Morgan fingerprint density at radius 2 is 1.75 bits per heavy atom. The van der Waals surface area contributed by atoms with Crippen molar-refractivity contribution in [3.05, 3.63) is 58.9 Å². The molecule has 0 unspecified atom stereocenters. The van der Waals surface area contributed by atoms with Gasteiger partial charge in [0.25, 0.3) is 5.91 Å². The fraction of sp³-hybridized carbons (Fsp3) is 0.316. The third-order valence-corrected chi connectivity index (χ3v) is 4.00. The lowest BCUT2D eigenvalue weighted by Crippen LogP contribution is -2.31. The monoisotopic (exact) mass is 396 g/mol. The number of carbonyl (C=O) groups is 3. The van der Waals surface area contributed by atoms with Crippen molar-refractivity contribution in [3.63, 3.8) is 0 Å². The number of alkyl halides is 3. The number of hydrogen-bond donors (Lipinski definition) is 1. The van der Waals surface area contributed by atoms with E-state index in [-0.39, 0.29) is 17.0 Å².